The van der Waals surface area contributed by atoms with Crippen molar-refractivity contribution < 1.29 is 27.1 Å². The average Bonchev–Trinajstić information content (AvgIpc) is 2.76. The van der Waals surface area contributed by atoms with Crippen LogP contribution >= 0.6 is 0 Å². The van der Waals surface area contributed by atoms with Crippen molar-refractivity contribution in [1.29, 1.82) is 0 Å². The molecule has 0 atom stereocenters. The Kier molecular flexibility index (Phi) is 6.70. The van der Waals surface area contributed by atoms with Gasteiger partial charge in [-0.25, -0.2) is 14.4 Å². The predicted octanol–water partition coefficient (Wildman–Crippen LogP) is 4.35. The van der Waals surface area contributed by atoms with Gasteiger partial charge in [-0.05, 0) is 30.7 Å². The zero-order chi connectivity index (χ0) is 24.2. The van der Waals surface area contributed by atoms with E-state index in [0.717, 1.165) is 17.8 Å². The molecule has 3 aromatic rings. The number of anilines is 5. The second-order valence-corrected chi connectivity index (χ2v) is 6.50. The summed E-state index contributed by atoms with van der Waals surface area (Å²) in [5, 5.41) is 7.47. The number of alkyl halides is 3. The first-order valence-electron chi connectivity index (χ1n) is 9.19. The first kappa shape index (κ1) is 23.4. The molecule has 0 aliphatic carbocycles. The molecule has 0 fully saturated rings. The van der Waals surface area contributed by atoms with Crippen LogP contribution in [-0.2, 0) is 11.0 Å². The molecule has 172 valence electrons. The fraction of sp³-hybridized carbons (Fsp3) is 0.150. The molecule has 2 heterocycles. The van der Waals surface area contributed by atoms with Crippen LogP contribution in [0.4, 0.5) is 46.5 Å². The number of nitrogens with zero attached hydrogens (tertiary/aromatic N) is 4. The molecule has 3 rings (SSSR count). The zero-order valence-electron chi connectivity index (χ0n) is 17.3. The maximum Gasteiger partial charge on any atom is 0.421 e. The molecule has 0 unspecified atom stereocenters. The third-order valence-corrected chi connectivity index (χ3v) is 4.10. The van der Waals surface area contributed by atoms with Gasteiger partial charge in [0.1, 0.15) is 11.4 Å². The number of amides is 1. The van der Waals surface area contributed by atoms with Crippen LogP contribution in [0.5, 0.6) is 6.01 Å². The third-order valence-electron chi connectivity index (χ3n) is 4.10. The number of rotatable bonds is 7. The van der Waals surface area contributed by atoms with Crippen LogP contribution < -0.4 is 20.7 Å². The summed E-state index contributed by atoms with van der Waals surface area (Å²) in [5.41, 5.74) is -0.113. The van der Waals surface area contributed by atoms with Crippen molar-refractivity contribution in [1.82, 2.24) is 19.9 Å². The number of aryl methyl sites for hydroxylation is 1. The molecule has 1 aromatic carbocycles. The molecule has 3 N–H and O–H groups in total. The monoisotopic (exact) mass is 463 g/mol. The van der Waals surface area contributed by atoms with Crippen molar-refractivity contribution >= 4 is 34.9 Å². The third kappa shape index (κ3) is 5.70. The molecule has 0 saturated carbocycles. The van der Waals surface area contributed by atoms with Crippen molar-refractivity contribution in [2.45, 2.75) is 13.1 Å². The Hall–Kier alpha value is -4.29. The van der Waals surface area contributed by atoms with E-state index in [-0.39, 0.29) is 23.3 Å². The van der Waals surface area contributed by atoms with Crippen molar-refractivity contribution in [2.24, 2.45) is 0 Å². The summed E-state index contributed by atoms with van der Waals surface area (Å²) >= 11 is 0. The number of carbonyl (C=O) groups excluding carboxylic acids is 1. The fourth-order valence-electron chi connectivity index (χ4n) is 2.57. The van der Waals surface area contributed by atoms with Crippen LogP contribution in [0.3, 0.4) is 0 Å². The number of aromatic nitrogens is 4. The Balaban J connectivity index is 2.02. The number of hydrogen-bond acceptors (Lipinski definition) is 8. The lowest BCUT2D eigenvalue weighted by Gasteiger charge is -2.17. The smallest absolute Gasteiger partial charge is 0.421 e. The van der Waals surface area contributed by atoms with Crippen LogP contribution in [0, 0.1) is 12.7 Å². The molecule has 0 saturated heterocycles. The molecule has 1 amide bonds. The Labute approximate surface area is 185 Å². The van der Waals surface area contributed by atoms with E-state index in [1.807, 2.05) is 0 Å². The first-order valence-corrected chi connectivity index (χ1v) is 9.19. The van der Waals surface area contributed by atoms with Gasteiger partial charge in [0.05, 0.1) is 24.7 Å². The molecule has 0 aliphatic rings. The summed E-state index contributed by atoms with van der Waals surface area (Å²) in [6, 6.07) is 4.48. The Morgan fingerprint density at radius 1 is 1.09 bits per heavy atom. The van der Waals surface area contributed by atoms with Gasteiger partial charge in [0.2, 0.25) is 11.9 Å². The second kappa shape index (κ2) is 9.46. The predicted molar refractivity (Wildman–Crippen MR) is 112 cm³/mol. The largest absolute Gasteiger partial charge is 0.467 e. The molecular formula is C20H17F4N7O2. The standard InChI is InChI=1S/C20H17F4N7O2/c1-4-15(32)27-14-7-10(2)5-6-13(14)28-16-11(20(22,23)24)8-25-18(29-16)30-17-12(21)9-26-19(31-17)33-3/h4-9H,1H2,2-3H3,(H,27,32)(H2,25,26,28,29,30,31). The van der Waals surface area contributed by atoms with E-state index in [2.05, 4.69) is 42.5 Å². The summed E-state index contributed by atoms with van der Waals surface area (Å²) in [5.74, 6) is -2.88. The topological polar surface area (TPSA) is 114 Å². The van der Waals surface area contributed by atoms with Gasteiger partial charge in [0.15, 0.2) is 11.6 Å². The number of nitrogens with one attached hydrogen (secondary N) is 3. The van der Waals surface area contributed by atoms with Crippen LogP contribution in [0.15, 0.2) is 43.2 Å². The van der Waals surface area contributed by atoms with Gasteiger partial charge in [0.25, 0.3) is 0 Å². The van der Waals surface area contributed by atoms with Crippen molar-refractivity contribution in [3.63, 3.8) is 0 Å². The van der Waals surface area contributed by atoms with E-state index in [9.17, 15) is 22.4 Å². The molecule has 0 aliphatic heterocycles. The van der Waals surface area contributed by atoms with E-state index in [1.54, 1.807) is 19.1 Å². The highest BCUT2D eigenvalue weighted by Gasteiger charge is 2.35. The normalized spacial score (nSPS) is 11.0. The summed E-state index contributed by atoms with van der Waals surface area (Å²) in [6.07, 6.45) is -2.44. The van der Waals surface area contributed by atoms with Gasteiger partial charge in [0, 0.05) is 6.20 Å². The molecule has 33 heavy (non-hydrogen) atoms. The van der Waals surface area contributed by atoms with Crippen LogP contribution in [0.1, 0.15) is 11.1 Å². The number of hydrogen-bond donors (Lipinski definition) is 3. The van der Waals surface area contributed by atoms with E-state index >= 15 is 0 Å². The summed E-state index contributed by atoms with van der Waals surface area (Å²) in [6.45, 7) is 5.09. The minimum atomic E-state index is -4.81. The van der Waals surface area contributed by atoms with Crippen LogP contribution in [-0.4, -0.2) is 33.0 Å². The molecular weight excluding hydrogens is 446 g/mol. The van der Waals surface area contributed by atoms with E-state index in [0.29, 0.717) is 6.20 Å². The van der Waals surface area contributed by atoms with E-state index in [4.69, 9.17) is 4.74 Å². The maximum absolute atomic E-state index is 14.0. The van der Waals surface area contributed by atoms with Crippen LogP contribution in [0.2, 0.25) is 0 Å². The molecule has 9 nitrogen and oxygen atoms in total. The van der Waals surface area contributed by atoms with Gasteiger partial charge in [-0.15, -0.1) is 0 Å². The molecule has 13 heteroatoms. The zero-order valence-corrected chi connectivity index (χ0v) is 17.3. The van der Waals surface area contributed by atoms with Gasteiger partial charge in [-0.1, -0.05) is 12.6 Å². The summed E-state index contributed by atoms with van der Waals surface area (Å²) in [7, 11) is 1.26. The van der Waals surface area contributed by atoms with E-state index < -0.39 is 35.1 Å². The number of ether oxygens (including phenoxy) is 1. The summed E-state index contributed by atoms with van der Waals surface area (Å²) in [4.78, 5) is 26.5. The lowest BCUT2D eigenvalue weighted by atomic mass is 10.1. The average molecular weight is 463 g/mol. The number of halogens is 4. The number of carbonyl (C=O) groups is 1. The Morgan fingerprint density at radius 2 is 1.85 bits per heavy atom. The Bertz CT molecular complexity index is 1200. The minimum absolute atomic E-state index is 0.126. The van der Waals surface area contributed by atoms with Crippen molar-refractivity contribution in [3.05, 3.63) is 60.2 Å². The summed E-state index contributed by atoms with van der Waals surface area (Å²) < 4.78 is 59.6. The SMILES string of the molecule is C=CC(=O)Nc1cc(C)ccc1Nc1nc(Nc2nc(OC)ncc2F)ncc1C(F)(F)F. The van der Waals surface area contributed by atoms with Crippen LogP contribution in [0.25, 0.3) is 0 Å². The van der Waals surface area contributed by atoms with Crippen molar-refractivity contribution in [2.75, 3.05) is 23.1 Å². The molecule has 0 spiro atoms. The highest BCUT2D eigenvalue weighted by Crippen LogP contribution is 2.37. The quantitative estimate of drug-likeness (QED) is 0.350. The number of methoxy groups -OCH3 is 1. The first-order chi connectivity index (χ1) is 15.6. The minimum Gasteiger partial charge on any atom is -0.467 e. The van der Waals surface area contributed by atoms with Crippen molar-refractivity contribution in [3.8, 4) is 6.01 Å². The molecule has 0 bridgehead atoms. The van der Waals surface area contributed by atoms with Gasteiger partial charge < -0.3 is 20.7 Å². The second-order valence-electron chi connectivity index (χ2n) is 6.50. The fourth-order valence-corrected chi connectivity index (χ4v) is 2.57. The highest BCUT2D eigenvalue weighted by molar-refractivity contribution is 6.01. The van der Waals surface area contributed by atoms with Gasteiger partial charge in [-0.3, -0.25) is 4.79 Å². The maximum atomic E-state index is 14.0. The Morgan fingerprint density at radius 3 is 2.52 bits per heavy atom. The van der Waals surface area contributed by atoms with Gasteiger partial charge in [-0.2, -0.15) is 23.1 Å². The van der Waals surface area contributed by atoms with E-state index in [1.165, 1.54) is 13.2 Å². The molecule has 2 aromatic heterocycles. The van der Waals surface area contributed by atoms with Gasteiger partial charge >= 0.3 is 12.2 Å². The lowest BCUT2D eigenvalue weighted by molar-refractivity contribution is -0.137. The highest BCUT2D eigenvalue weighted by atomic mass is 19.4. The number of benzene rings is 1. The lowest BCUT2D eigenvalue weighted by Crippen LogP contribution is -2.14. The molecule has 0 radical (unpaired) electrons.